The van der Waals surface area contributed by atoms with Gasteiger partial charge in [0.15, 0.2) is 6.23 Å². The van der Waals surface area contributed by atoms with Gasteiger partial charge in [-0.1, -0.05) is 0 Å². The average molecular weight is 192 g/mol. The third kappa shape index (κ3) is 4.80. The Morgan fingerprint density at radius 2 is 1.54 bits per heavy atom. The van der Waals surface area contributed by atoms with Crippen LogP contribution in [0.25, 0.3) is 0 Å². The lowest BCUT2D eigenvalue weighted by molar-refractivity contribution is -0.964. The first kappa shape index (κ1) is 14.8. The zero-order chi connectivity index (χ0) is 10.9. The fourth-order valence-corrected chi connectivity index (χ4v) is 1.46. The van der Waals surface area contributed by atoms with Crippen LogP contribution in [0, 0.1) is 10.1 Å². The van der Waals surface area contributed by atoms with E-state index in [2.05, 4.69) is 20.8 Å². The molecule has 0 radical (unpaired) electrons. The van der Waals surface area contributed by atoms with Crippen LogP contribution in [-0.4, -0.2) is 35.5 Å². The van der Waals surface area contributed by atoms with E-state index in [4.69, 9.17) is 10.1 Å². The number of nitrogens with zero attached hydrogens (tertiary/aromatic N) is 2. The minimum Gasteiger partial charge on any atom is -0.444 e. The maximum atomic E-state index is 9.43. The van der Waals surface area contributed by atoms with Gasteiger partial charge in [0.2, 0.25) is 0 Å². The molecule has 1 atom stereocenters. The largest absolute Gasteiger partial charge is 0.444 e. The molecular weight excluding hydrogens is 172 g/mol. The maximum Gasteiger partial charge on any atom is 0.187 e. The predicted octanol–water partition coefficient (Wildman–Crippen LogP) is 1.45. The summed E-state index contributed by atoms with van der Waals surface area (Å²) < 4.78 is 0.819. The van der Waals surface area contributed by atoms with Crippen molar-refractivity contribution in [2.75, 3.05) is 19.6 Å². The van der Waals surface area contributed by atoms with Gasteiger partial charge in [0, 0.05) is 6.92 Å². The Labute approximate surface area is 79.5 Å². The Kier molecular flexibility index (Phi) is 9.06. The van der Waals surface area contributed by atoms with Crippen LogP contribution in [0.4, 0.5) is 0 Å². The summed E-state index contributed by atoms with van der Waals surface area (Å²) in [7, 11) is 0. The van der Waals surface area contributed by atoms with Gasteiger partial charge in [-0.25, -0.2) is 0 Å². The summed E-state index contributed by atoms with van der Waals surface area (Å²) in [5.41, 5.74) is 0. The molecular formula is C8H20N2O3. The van der Waals surface area contributed by atoms with Crippen molar-refractivity contribution >= 4 is 0 Å². The van der Waals surface area contributed by atoms with E-state index in [1.165, 1.54) is 0 Å². The smallest absolute Gasteiger partial charge is 0.187 e. The van der Waals surface area contributed by atoms with Crippen LogP contribution in [-0.2, 0) is 0 Å². The number of hydrogen-bond donors (Lipinski definition) is 1. The van der Waals surface area contributed by atoms with E-state index < -0.39 is 0 Å². The molecule has 5 nitrogen and oxygen atoms in total. The molecule has 0 aromatic heterocycles. The van der Waals surface area contributed by atoms with Crippen molar-refractivity contribution in [1.29, 1.82) is 0 Å². The highest BCUT2D eigenvalue weighted by Gasteiger charge is 2.25. The van der Waals surface area contributed by atoms with Crippen molar-refractivity contribution in [2.45, 2.75) is 33.9 Å². The number of aliphatic hydroxyl groups is 1. The zero-order valence-electron chi connectivity index (χ0n) is 8.86. The van der Waals surface area contributed by atoms with Crippen molar-refractivity contribution in [3.63, 3.8) is 0 Å². The van der Waals surface area contributed by atoms with Crippen molar-refractivity contribution in [1.82, 2.24) is 0 Å². The molecule has 0 bridgehead atoms. The summed E-state index contributed by atoms with van der Waals surface area (Å²) in [6, 6.07) is 0. The van der Waals surface area contributed by atoms with E-state index in [-0.39, 0.29) is 6.23 Å². The van der Waals surface area contributed by atoms with E-state index in [9.17, 15) is 5.11 Å². The Balaban J connectivity index is 0. The van der Waals surface area contributed by atoms with Crippen molar-refractivity contribution in [2.24, 2.45) is 5.34 Å². The monoisotopic (exact) mass is 192 g/mol. The summed E-state index contributed by atoms with van der Waals surface area (Å²) in [4.78, 5) is 8.00. The lowest BCUT2D eigenvalue weighted by atomic mass is 10.3. The van der Waals surface area contributed by atoms with Crippen LogP contribution in [0.1, 0.15) is 27.7 Å². The van der Waals surface area contributed by atoms with Gasteiger partial charge in [-0.15, -0.1) is 5.34 Å². The van der Waals surface area contributed by atoms with Crippen LogP contribution < -0.4 is 0 Å². The molecule has 5 heteroatoms. The van der Waals surface area contributed by atoms with E-state index in [0.29, 0.717) is 0 Å². The van der Waals surface area contributed by atoms with E-state index >= 15 is 0 Å². The van der Waals surface area contributed by atoms with Crippen molar-refractivity contribution in [3.05, 3.63) is 10.1 Å². The highest BCUT2D eigenvalue weighted by atomic mass is 16.6. The first-order valence-electron chi connectivity index (χ1n) is 4.53. The highest BCUT2D eigenvalue weighted by molar-refractivity contribution is 4.36. The first-order valence-corrected chi connectivity index (χ1v) is 4.53. The normalized spacial score (nSPS) is 12.7. The predicted molar refractivity (Wildman–Crippen MR) is 52.7 cm³/mol. The van der Waals surface area contributed by atoms with Gasteiger partial charge >= 0.3 is 0 Å². The molecule has 1 N–H and O–H groups in total. The van der Waals surface area contributed by atoms with E-state index in [1.807, 2.05) is 6.92 Å². The van der Waals surface area contributed by atoms with Crippen LogP contribution >= 0.6 is 0 Å². The maximum absolute atomic E-state index is 9.43. The number of hydrogen-bond acceptors (Lipinski definition) is 4. The summed E-state index contributed by atoms with van der Waals surface area (Å²) in [5.74, 6) is 0. The fraction of sp³-hybridized carbons (Fsp3) is 1.00. The molecule has 1 unspecified atom stereocenters. The Bertz CT molecular complexity index is 116. The lowest BCUT2D eigenvalue weighted by Gasteiger charge is -2.38. The summed E-state index contributed by atoms with van der Waals surface area (Å²) in [6.45, 7) is 11.3. The Morgan fingerprint density at radius 1 is 1.31 bits per heavy atom. The Morgan fingerprint density at radius 3 is 1.54 bits per heavy atom. The van der Waals surface area contributed by atoms with Gasteiger partial charge in [0.05, 0.1) is 19.6 Å². The minimum absolute atomic E-state index is 0.222. The molecule has 0 amide bonds. The van der Waals surface area contributed by atoms with Gasteiger partial charge in [-0.05, 0) is 20.8 Å². The van der Waals surface area contributed by atoms with Crippen LogP contribution in [0.2, 0.25) is 0 Å². The lowest BCUT2D eigenvalue weighted by Crippen LogP contribution is -2.53. The third-order valence-corrected chi connectivity index (χ3v) is 2.68. The molecule has 0 aliphatic rings. The van der Waals surface area contributed by atoms with Crippen LogP contribution in [0.5, 0.6) is 0 Å². The molecule has 0 aliphatic carbocycles. The SMILES string of the molecule is CC[N+](CC)(CC)C(C)O.O=N[O-]. The van der Waals surface area contributed by atoms with Gasteiger partial charge < -0.3 is 15.2 Å². The van der Waals surface area contributed by atoms with Gasteiger partial charge in [0.1, 0.15) is 0 Å². The van der Waals surface area contributed by atoms with Crippen molar-refractivity contribution in [3.8, 4) is 0 Å². The van der Waals surface area contributed by atoms with E-state index in [1.54, 1.807) is 0 Å². The topological polar surface area (TPSA) is 72.7 Å². The highest BCUT2D eigenvalue weighted by Crippen LogP contribution is 2.09. The van der Waals surface area contributed by atoms with Gasteiger partial charge in [0.25, 0.3) is 0 Å². The second-order valence-electron chi connectivity index (χ2n) is 2.87. The second-order valence-corrected chi connectivity index (χ2v) is 2.87. The number of aliphatic hydroxyl groups excluding tert-OH is 1. The molecule has 0 saturated heterocycles. The fourth-order valence-electron chi connectivity index (χ4n) is 1.46. The molecule has 0 aliphatic heterocycles. The quantitative estimate of drug-likeness (QED) is 0.317. The summed E-state index contributed by atoms with van der Waals surface area (Å²) in [6.07, 6.45) is -0.222. The molecule has 0 spiro atoms. The third-order valence-electron chi connectivity index (χ3n) is 2.68. The molecule has 0 heterocycles. The minimum atomic E-state index is -0.222. The van der Waals surface area contributed by atoms with E-state index in [0.717, 1.165) is 29.5 Å². The molecule has 13 heavy (non-hydrogen) atoms. The molecule has 0 aromatic carbocycles. The zero-order valence-corrected chi connectivity index (χ0v) is 8.86. The molecule has 0 aromatic rings. The molecule has 80 valence electrons. The van der Waals surface area contributed by atoms with Crippen LogP contribution in [0.15, 0.2) is 5.34 Å². The molecule has 0 rings (SSSR count). The molecule has 0 fully saturated rings. The summed E-state index contributed by atoms with van der Waals surface area (Å²) in [5, 5.41) is 18.4. The number of rotatable bonds is 4. The Hall–Kier alpha value is -0.680. The van der Waals surface area contributed by atoms with Crippen LogP contribution in [0.3, 0.4) is 0 Å². The number of quaternary nitrogens is 1. The van der Waals surface area contributed by atoms with Crippen molar-refractivity contribution < 1.29 is 9.59 Å². The van der Waals surface area contributed by atoms with Gasteiger partial charge in [-0.3, -0.25) is 4.48 Å². The standard InChI is InChI=1S/C8H20NO.HNO2/c1-5-9(6-2,7-3)8(4)10;2-1-3/h8,10H,5-7H2,1-4H3;(H,2,3)/q+1;/p-1. The first-order chi connectivity index (χ1) is 6.04. The second kappa shape index (κ2) is 7.94. The summed E-state index contributed by atoms with van der Waals surface area (Å²) >= 11 is 0. The van der Waals surface area contributed by atoms with Gasteiger partial charge in [-0.2, -0.15) is 0 Å². The average Bonchev–Trinajstić information content (AvgIpc) is 2.09. The molecule has 0 saturated carbocycles.